The van der Waals surface area contributed by atoms with E-state index < -0.39 is 0 Å². The fourth-order valence-corrected chi connectivity index (χ4v) is 2.74. The van der Waals surface area contributed by atoms with Gasteiger partial charge < -0.3 is 14.5 Å². The van der Waals surface area contributed by atoms with Gasteiger partial charge in [0.15, 0.2) is 0 Å². The Morgan fingerprint density at radius 3 is 2.76 bits per heavy atom. The molecule has 1 aliphatic carbocycles. The highest BCUT2D eigenvalue weighted by Gasteiger charge is 2.35. The molecular formula is C16H22N4O. The van der Waals surface area contributed by atoms with E-state index in [0.29, 0.717) is 12.3 Å². The van der Waals surface area contributed by atoms with Crippen molar-refractivity contribution in [3.8, 4) is 0 Å². The van der Waals surface area contributed by atoms with Gasteiger partial charge in [0, 0.05) is 44.8 Å². The molecule has 21 heavy (non-hydrogen) atoms. The average Bonchev–Trinajstić information content (AvgIpc) is 3.09. The van der Waals surface area contributed by atoms with E-state index in [2.05, 4.69) is 20.9 Å². The van der Waals surface area contributed by atoms with Gasteiger partial charge in [0.05, 0.1) is 6.04 Å². The van der Waals surface area contributed by atoms with Crippen LogP contribution in [0.4, 0.5) is 0 Å². The summed E-state index contributed by atoms with van der Waals surface area (Å²) in [4.78, 5) is 16.6. The second-order valence-electron chi connectivity index (χ2n) is 5.89. The Bertz CT molecular complexity index is 624. The Morgan fingerprint density at radius 1 is 1.38 bits per heavy atom. The smallest absolute Gasteiger partial charge is 0.220 e. The first-order valence-electron chi connectivity index (χ1n) is 7.52. The average molecular weight is 286 g/mol. The highest BCUT2D eigenvalue weighted by Crippen LogP contribution is 2.40. The van der Waals surface area contributed by atoms with Crippen LogP contribution < -0.4 is 5.32 Å². The SMILES string of the molecule is Cn1cccc1CCC(=O)N[C@@H](c1nccn1C)C1CC1. The van der Waals surface area contributed by atoms with Crippen molar-refractivity contribution in [1.29, 1.82) is 0 Å². The molecule has 112 valence electrons. The van der Waals surface area contributed by atoms with Gasteiger partial charge in [-0.3, -0.25) is 4.79 Å². The number of amides is 1. The molecule has 2 aromatic rings. The molecule has 1 aliphatic rings. The molecule has 0 aromatic carbocycles. The molecule has 0 unspecified atom stereocenters. The van der Waals surface area contributed by atoms with Crippen LogP contribution in [0.2, 0.25) is 0 Å². The standard InChI is InChI=1S/C16H22N4O/c1-19-10-3-4-13(19)7-8-14(21)18-15(12-5-6-12)16-17-9-11-20(16)2/h3-4,9-12,15H,5-8H2,1-2H3,(H,18,21)/t15-/m1/s1. The monoisotopic (exact) mass is 286 g/mol. The lowest BCUT2D eigenvalue weighted by Gasteiger charge is -2.18. The summed E-state index contributed by atoms with van der Waals surface area (Å²) in [6.45, 7) is 0. The summed E-state index contributed by atoms with van der Waals surface area (Å²) in [5.74, 6) is 1.62. The molecular weight excluding hydrogens is 264 g/mol. The van der Waals surface area contributed by atoms with E-state index in [1.165, 1.54) is 18.5 Å². The number of aromatic nitrogens is 3. The number of imidazole rings is 1. The summed E-state index contributed by atoms with van der Waals surface area (Å²) in [6, 6.07) is 4.13. The van der Waals surface area contributed by atoms with Gasteiger partial charge in [-0.1, -0.05) is 0 Å². The summed E-state index contributed by atoms with van der Waals surface area (Å²) in [5.41, 5.74) is 1.19. The zero-order valence-corrected chi connectivity index (χ0v) is 12.6. The molecule has 0 saturated heterocycles. The molecule has 0 bridgehead atoms. The number of nitrogens with zero attached hydrogens (tertiary/aromatic N) is 3. The summed E-state index contributed by atoms with van der Waals surface area (Å²) in [6.07, 6.45) is 9.37. The third kappa shape index (κ3) is 3.17. The quantitative estimate of drug-likeness (QED) is 0.882. The molecule has 1 N–H and O–H groups in total. The Labute approximate surface area is 125 Å². The first kappa shape index (κ1) is 13.9. The minimum atomic E-state index is 0.0610. The number of rotatable bonds is 6. The molecule has 5 nitrogen and oxygen atoms in total. The van der Waals surface area contributed by atoms with Crippen molar-refractivity contribution in [2.24, 2.45) is 20.0 Å². The van der Waals surface area contributed by atoms with Crippen LogP contribution in [-0.2, 0) is 25.3 Å². The normalized spacial score (nSPS) is 15.9. The Kier molecular flexibility index (Phi) is 3.82. The van der Waals surface area contributed by atoms with Gasteiger partial charge in [0.1, 0.15) is 5.82 Å². The van der Waals surface area contributed by atoms with Crippen LogP contribution in [0.1, 0.15) is 36.8 Å². The van der Waals surface area contributed by atoms with Gasteiger partial charge in [-0.2, -0.15) is 0 Å². The molecule has 1 amide bonds. The van der Waals surface area contributed by atoms with E-state index in [1.54, 1.807) is 6.20 Å². The second kappa shape index (κ2) is 5.76. The largest absolute Gasteiger partial charge is 0.354 e. The molecule has 1 fully saturated rings. The zero-order valence-electron chi connectivity index (χ0n) is 12.6. The van der Waals surface area contributed by atoms with Gasteiger partial charge in [-0.05, 0) is 37.3 Å². The van der Waals surface area contributed by atoms with Crippen molar-refractivity contribution in [3.05, 3.63) is 42.2 Å². The predicted octanol–water partition coefficient (Wildman–Crippen LogP) is 1.96. The molecule has 3 rings (SSSR count). The third-order valence-electron chi connectivity index (χ3n) is 4.21. The van der Waals surface area contributed by atoms with Crippen molar-refractivity contribution < 1.29 is 4.79 Å². The van der Waals surface area contributed by atoms with Crippen molar-refractivity contribution in [1.82, 2.24) is 19.4 Å². The van der Waals surface area contributed by atoms with Gasteiger partial charge in [-0.15, -0.1) is 0 Å². The van der Waals surface area contributed by atoms with Crippen LogP contribution in [0, 0.1) is 5.92 Å². The third-order valence-corrected chi connectivity index (χ3v) is 4.21. The first-order chi connectivity index (χ1) is 10.1. The topological polar surface area (TPSA) is 51.9 Å². The van der Waals surface area contributed by atoms with E-state index in [4.69, 9.17) is 0 Å². The van der Waals surface area contributed by atoms with E-state index in [-0.39, 0.29) is 11.9 Å². The van der Waals surface area contributed by atoms with Gasteiger partial charge in [0.2, 0.25) is 5.91 Å². The summed E-state index contributed by atoms with van der Waals surface area (Å²) in [7, 11) is 3.99. The number of hydrogen-bond donors (Lipinski definition) is 1. The fourth-order valence-electron chi connectivity index (χ4n) is 2.74. The Morgan fingerprint density at radius 2 is 2.19 bits per heavy atom. The first-order valence-corrected chi connectivity index (χ1v) is 7.52. The lowest BCUT2D eigenvalue weighted by molar-refractivity contribution is -0.122. The molecule has 0 aliphatic heterocycles. The highest BCUT2D eigenvalue weighted by molar-refractivity contribution is 5.76. The predicted molar refractivity (Wildman–Crippen MR) is 80.5 cm³/mol. The van der Waals surface area contributed by atoms with Crippen LogP contribution in [-0.4, -0.2) is 20.0 Å². The Balaban J connectivity index is 1.60. The molecule has 2 aromatic heterocycles. The van der Waals surface area contributed by atoms with E-state index in [9.17, 15) is 4.79 Å². The Hall–Kier alpha value is -2.04. The maximum atomic E-state index is 12.2. The van der Waals surface area contributed by atoms with E-state index in [0.717, 1.165) is 12.2 Å². The number of carbonyl (C=O) groups is 1. The molecule has 0 spiro atoms. The number of hydrogen-bond acceptors (Lipinski definition) is 2. The fraction of sp³-hybridized carbons (Fsp3) is 0.500. The highest BCUT2D eigenvalue weighted by atomic mass is 16.1. The van der Waals surface area contributed by atoms with Crippen molar-refractivity contribution in [2.75, 3.05) is 0 Å². The lowest BCUT2D eigenvalue weighted by Crippen LogP contribution is -2.31. The van der Waals surface area contributed by atoms with Crippen LogP contribution in [0.3, 0.4) is 0 Å². The van der Waals surface area contributed by atoms with Crippen LogP contribution in [0.25, 0.3) is 0 Å². The van der Waals surface area contributed by atoms with Crippen LogP contribution in [0.5, 0.6) is 0 Å². The van der Waals surface area contributed by atoms with Crippen molar-refractivity contribution >= 4 is 5.91 Å². The zero-order chi connectivity index (χ0) is 14.8. The number of nitrogens with one attached hydrogen (secondary N) is 1. The van der Waals surface area contributed by atoms with Gasteiger partial charge in [-0.25, -0.2) is 4.98 Å². The minimum Gasteiger partial charge on any atom is -0.354 e. The van der Waals surface area contributed by atoms with Gasteiger partial charge in [0.25, 0.3) is 0 Å². The molecule has 0 radical (unpaired) electrons. The number of carbonyl (C=O) groups excluding carboxylic acids is 1. The molecule has 2 heterocycles. The maximum Gasteiger partial charge on any atom is 0.220 e. The summed E-state index contributed by atoms with van der Waals surface area (Å²) >= 11 is 0. The maximum absolute atomic E-state index is 12.2. The van der Waals surface area contributed by atoms with E-state index >= 15 is 0 Å². The van der Waals surface area contributed by atoms with Gasteiger partial charge >= 0.3 is 0 Å². The van der Waals surface area contributed by atoms with Crippen LogP contribution in [0.15, 0.2) is 30.7 Å². The van der Waals surface area contributed by atoms with Crippen molar-refractivity contribution in [3.63, 3.8) is 0 Å². The molecule has 5 heteroatoms. The van der Waals surface area contributed by atoms with Crippen molar-refractivity contribution in [2.45, 2.75) is 31.7 Å². The lowest BCUT2D eigenvalue weighted by atomic mass is 10.1. The number of aryl methyl sites for hydroxylation is 3. The summed E-state index contributed by atoms with van der Waals surface area (Å²) < 4.78 is 4.06. The van der Waals surface area contributed by atoms with Crippen LogP contribution >= 0.6 is 0 Å². The van der Waals surface area contributed by atoms with E-state index in [1.807, 2.05) is 37.1 Å². The minimum absolute atomic E-state index is 0.0610. The molecule has 1 atom stereocenters. The second-order valence-corrected chi connectivity index (χ2v) is 5.89. The molecule has 1 saturated carbocycles. The summed E-state index contributed by atoms with van der Waals surface area (Å²) in [5, 5.41) is 3.17.